The van der Waals surface area contributed by atoms with Crippen LogP contribution in [-0.4, -0.2) is 91.5 Å². The summed E-state index contributed by atoms with van der Waals surface area (Å²) in [6.45, 7) is 4.17. The number of unbranched alkanes of at least 4 members (excludes halogenated alkanes) is 13. The highest BCUT2D eigenvalue weighted by molar-refractivity contribution is 7.61. The number of aliphatic hydroxyl groups excluding tert-OH is 2. The van der Waals surface area contributed by atoms with E-state index in [0.29, 0.717) is 12.8 Å². The van der Waals surface area contributed by atoms with Crippen LogP contribution in [0.5, 0.6) is 0 Å². The minimum atomic E-state index is -5.48. The molecule has 0 radical (unpaired) electrons. The van der Waals surface area contributed by atoms with Crippen LogP contribution in [0, 0.1) is 5.92 Å². The number of ketones is 1. The van der Waals surface area contributed by atoms with Crippen LogP contribution in [0.15, 0.2) is 65.7 Å². The van der Waals surface area contributed by atoms with Crippen molar-refractivity contribution in [2.24, 2.45) is 5.92 Å². The highest BCUT2D eigenvalue weighted by Gasteiger charge is 2.46. The summed E-state index contributed by atoms with van der Waals surface area (Å²) in [6, 6.07) is 1.23. The molecule has 0 spiro atoms. The van der Waals surface area contributed by atoms with E-state index in [-0.39, 0.29) is 37.3 Å². The number of esters is 2. The van der Waals surface area contributed by atoms with Gasteiger partial charge in [-0.3, -0.25) is 28.0 Å². The van der Waals surface area contributed by atoms with Crippen molar-refractivity contribution in [3.63, 3.8) is 0 Å². The summed E-state index contributed by atoms with van der Waals surface area (Å²) >= 11 is 0. The van der Waals surface area contributed by atoms with Crippen LogP contribution in [0.4, 0.5) is 5.82 Å². The van der Waals surface area contributed by atoms with Crippen molar-refractivity contribution in [1.29, 1.82) is 0 Å². The summed E-state index contributed by atoms with van der Waals surface area (Å²) in [5.41, 5.74) is 4.56. The number of carbonyl (C=O) groups is 3. The smallest absolute Gasteiger partial charge is 0.462 e. The third kappa shape index (κ3) is 29.7. The highest BCUT2D eigenvalue weighted by atomic mass is 31.3. The van der Waals surface area contributed by atoms with Gasteiger partial charge in [0.15, 0.2) is 18.1 Å². The lowest BCUT2D eigenvalue weighted by Crippen LogP contribution is -2.36. The van der Waals surface area contributed by atoms with E-state index in [9.17, 15) is 48.3 Å². The maximum Gasteiger partial charge on any atom is 0.481 e. The summed E-state index contributed by atoms with van der Waals surface area (Å²) in [5.74, 6) is -1.04. The fourth-order valence-corrected chi connectivity index (χ4v) is 9.27. The van der Waals surface area contributed by atoms with Crippen LogP contribution in [-0.2, 0) is 51.1 Å². The third-order valence-corrected chi connectivity index (χ3v) is 13.7. The van der Waals surface area contributed by atoms with Gasteiger partial charge in [0.05, 0.1) is 13.2 Å². The number of aromatic nitrogens is 2. The van der Waals surface area contributed by atoms with Crippen LogP contribution < -0.4 is 11.4 Å². The molecule has 7 atom stereocenters. The second-order valence-electron chi connectivity index (χ2n) is 17.8. The monoisotopic (exact) mass is 1030 g/mol. The second kappa shape index (κ2) is 36.3. The first-order valence-electron chi connectivity index (χ1n) is 25.0. The molecule has 19 nitrogen and oxygen atoms in total. The summed E-state index contributed by atoms with van der Waals surface area (Å²) in [4.78, 5) is 74.2. The molecule has 70 heavy (non-hydrogen) atoms. The average Bonchev–Trinajstić information content (AvgIpc) is 3.58. The summed E-state index contributed by atoms with van der Waals surface area (Å²) < 4.78 is 56.5. The van der Waals surface area contributed by atoms with E-state index in [0.717, 1.165) is 55.2 Å². The molecule has 1 aromatic rings. The van der Waals surface area contributed by atoms with Crippen molar-refractivity contribution in [2.45, 2.75) is 193 Å². The Balaban J connectivity index is 1.87. The number of carbonyl (C=O) groups excluding carboxylic acids is 3. The van der Waals surface area contributed by atoms with Gasteiger partial charge in [-0.15, -0.1) is 0 Å². The van der Waals surface area contributed by atoms with Crippen molar-refractivity contribution in [3.05, 3.63) is 71.4 Å². The summed E-state index contributed by atoms with van der Waals surface area (Å²) in [6.07, 6.45) is 27.9. The quantitative estimate of drug-likeness (QED) is 0.0102. The minimum absolute atomic E-state index is 0.0176. The van der Waals surface area contributed by atoms with Crippen LogP contribution in [0.1, 0.15) is 168 Å². The topological polar surface area (TPSA) is 283 Å². The SMILES string of the molecule is CCCCC/C=C\C/C=C\C/C=C\C=C\C(=O)CCCC(=O)O[C@H](COC(=O)CCCCCCCCCCCCCC(C)C)COP(=O)(O)OP(=O)(O)OC[C@H]1O[C@@H](n2ccc(N)nc2=O)[C@H](O)[C@@H]1O. The molecule has 0 saturated carbocycles. The molecule has 1 aliphatic rings. The van der Waals surface area contributed by atoms with Crippen molar-refractivity contribution < 1.29 is 71.1 Å². The second-order valence-corrected chi connectivity index (χ2v) is 20.9. The van der Waals surface area contributed by atoms with Crippen LogP contribution >= 0.6 is 15.6 Å². The molecule has 2 rings (SSSR count). The van der Waals surface area contributed by atoms with Crippen LogP contribution in [0.2, 0.25) is 0 Å². The first-order chi connectivity index (χ1) is 33.4. The van der Waals surface area contributed by atoms with E-state index >= 15 is 0 Å². The zero-order valence-corrected chi connectivity index (χ0v) is 43.3. The van der Waals surface area contributed by atoms with Crippen molar-refractivity contribution in [1.82, 2.24) is 9.55 Å². The van der Waals surface area contributed by atoms with Gasteiger partial charge in [0.1, 0.15) is 30.7 Å². The lowest BCUT2D eigenvalue weighted by molar-refractivity contribution is -0.161. The number of rotatable bonds is 40. The first kappa shape index (κ1) is 62.5. The predicted molar refractivity (Wildman–Crippen MR) is 266 cm³/mol. The van der Waals surface area contributed by atoms with Crippen LogP contribution in [0.3, 0.4) is 0 Å². The lowest BCUT2D eigenvalue weighted by atomic mass is 10.0. The molecule has 1 aromatic heterocycles. The van der Waals surface area contributed by atoms with Crippen LogP contribution in [0.25, 0.3) is 0 Å². The third-order valence-electron chi connectivity index (χ3n) is 11.1. The van der Waals surface area contributed by atoms with Gasteiger partial charge in [0.25, 0.3) is 0 Å². The fraction of sp³-hybridized carbons (Fsp3) is 0.694. The molecule has 2 heterocycles. The molecule has 21 heteroatoms. The Morgan fingerprint density at radius 1 is 0.771 bits per heavy atom. The highest BCUT2D eigenvalue weighted by Crippen LogP contribution is 2.60. The first-order valence-corrected chi connectivity index (χ1v) is 28.0. The molecule has 1 saturated heterocycles. The standard InChI is InChI=1S/C49H81N3O16P2/c1-4-5-6-7-8-9-10-11-14-17-20-23-26-30-40(53)31-28-33-45(55)66-41(36-63-44(54)32-27-24-21-18-15-12-13-16-19-22-25-29-39(2)3)37-64-69(59,60)68-70(61,62)65-38-42-46(56)47(57)48(67-42)52-35-34-43(50)51-49(52)58/h8-9,11,14,20,23,26,30,34-35,39,41-42,46-48,56-57H,4-7,10,12-13,15-19,21-22,24-25,27-29,31-33,36-38H2,1-3H3,(H,59,60)(H,61,62)(H2,50,51,58)/b9-8-,14-11-,23-20-,30-26+/t41-,42-,46-,47-,48-/m1/s1. The summed E-state index contributed by atoms with van der Waals surface area (Å²) in [7, 11) is -11.0. The van der Waals surface area contributed by atoms with Crippen molar-refractivity contribution >= 4 is 39.2 Å². The maximum atomic E-state index is 12.8. The Labute approximate surface area is 414 Å². The van der Waals surface area contributed by atoms with Gasteiger partial charge in [-0.25, -0.2) is 13.9 Å². The van der Waals surface area contributed by atoms with Crippen molar-refractivity contribution in [3.8, 4) is 0 Å². The minimum Gasteiger partial charge on any atom is -0.462 e. The number of nitrogens with zero attached hydrogens (tertiary/aromatic N) is 2. The van der Waals surface area contributed by atoms with Gasteiger partial charge in [-0.1, -0.05) is 147 Å². The molecule has 398 valence electrons. The molecule has 0 aromatic carbocycles. The number of aliphatic hydroxyl groups is 2. The van der Waals surface area contributed by atoms with Gasteiger partial charge < -0.3 is 39.9 Å². The number of nitrogens with two attached hydrogens (primary N) is 1. The molecule has 1 aliphatic heterocycles. The number of hydrogen-bond donors (Lipinski definition) is 5. The Bertz CT molecular complexity index is 1940. The van der Waals surface area contributed by atoms with Gasteiger partial charge >= 0.3 is 33.3 Å². The van der Waals surface area contributed by atoms with E-state index in [1.807, 2.05) is 12.2 Å². The Morgan fingerprint density at radius 2 is 1.39 bits per heavy atom. The van der Waals surface area contributed by atoms with E-state index in [4.69, 9.17) is 29.0 Å². The lowest BCUT2D eigenvalue weighted by Gasteiger charge is -2.21. The van der Waals surface area contributed by atoms with Gasteiger partial charge in [0, 0.05) is 25.5 Å². The Kier molecular flexibility index (Phi) is 32.4. The molecule has 6 N–H and O–H groups in total. The molecule has 1 fully saturated rings. The van der Waals surface area contributed by atoms with E-state index in [1.54, 1.807) is 12.2 Å². The largest absolute Gasteiger partial charge is 0.481 e. The predicted octanol–water partition coefficient (Wildman–Crippen LogP) is 9.20. The van der Waals surface area contributed by atoms with Gasteiger partial charge in [-0.05, 0) is 56.6 Å². The molecule has 0 aliphatic carbocycles. The number of phosphoric ester groups is 2. The molecular weight excluding hydrogens is 948 g/mol. The van der Waals surface area contributed by atoms with Gasteiger partial charge in [0.2, 0.25) is 0 Å². The van der Waals surface area contributed by atoms with Gasteiger partial charge in [-0.2, -0.15) is 9.29 Å². The zero-order valence-electron chi connectivity index (χ0n) is 41.5. The molecular formula is C49H81N3O16P2. The molecule has 2 unspecified atom stereocenters. The normalized spacial score (nSPS) is 19.7. The average molecular weight is 1030 g/mol. The summed E-state index contributed by atoms with van der Waals surface area (Å²) in [5, 5.41) is 20.9. The Morgan fingerprint density at radius 3 is 2.04 bits per heavy atom. The number of nitrogen functional groups attached to an aromatic ring is 1. The van der Waals surface area contributed by atoms with E-state index in [1.165, 1.54) is 76.4 Å². The Hall–Kier alpha value is -3.61. The number of ether oxygens (including phenoxy) is 3. The van der Waals surface area contributed by atoms with E-state index < -0.39 is 83.7 Å². The zero-order chi connectivity index (χ0) is 51.6. The molecule has 0 amide bonds. The number of allylic oxidation sites excluding steroid dienone is 8. The van der Waals surface area contributed by atoms with E-state index in [2.05, 4.69) is 48.3 Å². The van der Waals surface area contributed by atoms with Crippen molar-refractivity contribution in [2.75, 3.05) is 25.6 Å². The number of hydrogen-bond acceptors (Lipinski definition) is 16. The number of phosphoric acid groups is 2. The maximum absolute atomic E-state index is 12.8. The fourth-order valence-electron chi connectivity index (χ4n) is 7.16. The number of anilines is 1. The molecule has 0 bridgehead atoms.